The molecule has 1 fully saturated rings. The number of benzene rings is 1. The maximum atomic E-state index is 11.5. The van der Waals surface area contributed by atoms with Gasteiger partial charge in [0.1, 0.15) is 0 Å². The van der Waals surface area contributed by atoms with Crippen LogP contribution >= 0.6 is 11.6 Å². The summed E-state index contributed by atoms with van der Waals surface area (Å²) in [7, 11) is 0. The lowest BCUT2D eigenvalue weighted by Crippen LogP contribution is -2.26. The number of anilines is 4. The molecular formula is C16H19ClN6O2. The van der Waals surface area contributed by atoms with E-state index in [0.29, 0.717) is 23.8 Å². The zero-order valence-electron chi connectivity index (χ0n) is 13.6. The number of nitrogens with two attached hydrogens (primary N) is 1. The van der Waals surface area contributed by atoms with Gasteiger partial charge in [-0.25, -0.2) is 0 Å². The van der Waals surface area contributed by atoms with E-state index in [4.69, 9.17) is 17.3 Å². The Bertz CT molecular complexity index is 777. The van der Waals surface area contributed by atoms with E-state index in [1.54, 1.807) is 24.3 Å². The summed E-state index contributed by atoms with van der Waals surface area (Å²) in [5.74, 6) is 0.331. The van der Waals surface area contributed by atoms with Gasteiger partial charge in [-0.1, -0.05) is 30.5 Å². The van der Waals surface area contributed by atoms with Gasteiger partial charge in [0.25, 0.3) is 0 Å². The standard InChI is InChI=1S/C16H19ClN6O2/c17-11-6-5-7-12(10-11)19-16-20-14(18)13(23(24)25)15(21-16)22-8-3-1-2-4-9-22/h5-7,10H,1-4,8-9H2,(H3,18,19,20,21). The fourth-order valence-corrected chi connectivity index (χ4v) is 3.08. The topological polar surface area (TPSA) is 110 Å². The van der Waals surface area contributed by atoms with Crippen molar-refractivity contribution in [3.8, 4) is 0 Å². The molecule has 3 N–H and O–H groups in total. The van der Waals surface area contributed by atoms with Crippen LogP contribution in [0.15, 0.2) is 24.3 Å². The molecule has 0 bridgehead atoms. The molecule has 1 aliphatic heterocycles. The molecule has 1 aliphatic rings. The molecule has 8 nitrogen and oxygen atoms in total. The molecule has 25 heavy (non-hydrogen) atoms. The molecule has 0 radical (unpaired) electrons. The molecule has 132 valence electrons. The summed E-state index contributed by atoms with van der Waals surface area (Å²) in [5, 5.41) is 15.0. The Hall–Kier alpha value is -2.61. The van der Waals surface area contributed by atoms with Crippen LogP contribution in [0.25, 0.3) is 0 Å². The zero-order chi connectivity index (χ0) is 17.8. The number of hydrogen-bond donors (Lipinski definition) is 2. The van der Waals surface area contributed by atoms with Gasteiger partial charge in [-0.3, -0.25) is 10.1 Å². The fourth-order valence-electron chi connectivity index (χ4n) is 2.89. The van der Waals surface area contributed by atoms with Crippen molar-refractivity contribution in [1.29, 1.82) is 0 Å². The third-order valence-electron chi connectivity index (χ3n) is 4.06. The summed E-state index contributed by atoms with van der Waals surface area (Å²) >= 11 is 5.98. The molecule has 0 spiro atoms. The van der Waals surface area contributed by atoms with Gasteiger partial charge >= 0.3 is 5.69 Å². The molecule has 2 heterocycles. The van der Waals surface area contributed by atoms with Crippen LogP contribution in [0.1, 0.15) is 25.7 Å². The highest BCUT2D eigenvalue weighted by Gasteiger charge is 2.27. The molecule has 9 heteroatoms. The Morgan fingerprint density at radius 3 is 2.56 bits per heavy atom. The summed E-state index contributed by atoms with van der Waals surface area (Å²) in [6, 6.07) is 7.06. The third kappa shape index (κ3) is 4.08. The van der Waals surface area contributed by atoms with Crippen LogP contribution in [0.2, 0.25) is 5.02 Å². The Morgan fingerprint density at radius 2 is 1.92 bits per heavy atom. The van der Waals surface area contributed by atoms with Crippen molar-refractivity contribution in [3.63, 3.8) is 0 Å². The van der Waals surface area contributed by atoms with Gasteiger partial charge in [0.2, 0.25) is 17.6 Å². The minimum atomic E-state index is -0.515. The van der Waals surface area contributed by atoms with Crippen molar-refractivity contribution in [3.05, 3.63) is 39.4 Å². The predicted molar refractivity (Wildman–Crippen MR) is 98.5 cm³/mol. The van der Waals surface area contributed by atoms with Crippen molar-refractivity contribution in [2.24, 2.45) is 0 Å². The third-order valence-corrected chi connectivity index (χ3v) is 4.30. The first-order valence-electron chi connectivity index (χ1n) is 8.14. The summed E-state index contributed by atoms with van der Waals surface area (Å²) < 4.78 is 0. The van der Waals surface area contributed by atoms with Crippen LogP contribution in [0.4, 0.5) is 29.0 Å². The van der Waals surface area contributed by atoms with Crippen LogP contribution in [0.5, 0.6) is 0 Å². The maximum Gasteiger partial charge on any atom is 0.353 e. The Kier molecular flexibility index (Phi) is 5.18. The first kappa shape index (κ1) is 17.2. The summed E-state index contributed by atoms with van der Waals surface area (Å²) in [5.41, 5.74) is 6.31. The van der Waals surface area contributed by atoms with Gasteiger partial charge in [-0.15, -0.1) is 0 Å². The molecule has 2 aromatic rings. The molecule has 3 rings (SSSR count). The number of aromatic nitrogens is 2. The van der Waals surface area contributed by atoms with E-state index in [2.05, 4.69) is 15.3 Å². The van der Waals surface area contributed by atoms with Crippen LogP contribution < -0.4 is 16.0 Å². The highest BCUT2D eigenvalue weighted by molar-refractivity contribution is 6.30. The molecule has 0 atom stereocenters. The molecule has 0 amide bonds. The van der Waals surface area contributed by atoms with Crippen molar-refractivity contribution in [2.45, 2.75) is 25.7 Å². The molecule has 1 aromatic heterocycles. The average molecular weight is 363 g/mol. The van der Waals surface area contributed by atoms with Crippen LogP contribution in [-0.2, 0) is 0 Å². The predicted octanol–water partition coefficient (Wildman–Crippen LogP) is 3.74. The number of nitrogens with one attached hydrogen (secondary N) is 1. The Labute approximate surface area is 150 Å². The van der Waals surface area contributed by atoms with E-state index in [1.165, 1.54) is 0 Å². The largest absolute Gasteiger partial charge is 0.378 e. The number of nitrogen functional groups attached to an aromatic ring is 1. The first-order valence-corrected chi connectivity index (χ1v) is 8.52. The number of rotatable bonds is 4. The first-order chi connectivity index (χ1) is 12.0. The van der Waals surface area contributed by atoms with Gasteiger partial charge in [0, 0.05) is 23.8 Å². The lowest BCUT2D eigenvalue weighted by molar-refractivity contribution is -0.383. The van der Waals surface area contributed by atoms with E-state index >= 15 is 0 Å². The fraction of sp³-hybridized carbons (Fsp3) is 0.375. The molecule has 0 aliphatic carbocycles. The molecule has 1 aromatic carbocycles. The normalized spacial score (nSPS) is 14.8. The molecule has 0 unspecified atom stereocenters. The van der Waals surface area contributed by atoms with E-state index in [-0.39, 0.29) is 23.3 Å². The van der Waals surface area contributed by atoms with Crippen molar-refractivity contribution < 1.29 is 4.92 Å². The lowest BCUT2D eigenvalue weighted by Gasteiger charge is -2.22. The Morgan fingerprint density at radius 1 is 1.20 bits per heavy atom. The summed E-state index contributed by atoms with van der Waals surface area (Å²) in [6.07, 6.45) is 4.16. The number of halogens is 1. The average Bonchev–Trinajstić information content (AvgIpc) is 2.83. The summed E-state index contributed by atoms with van der Waals surface area (Å²) in [4.78, 5) is 21.3. The number of hydrogen-bond acceptors (Lipinski definition) is 7. The van der Waals surface area contributed by atoms with Gasteiger partial charge in [-0.05, 0) is 31.0 Å². The van der Waals surface area contributed by atoms with E-state index < -0.39 is 4.92 Å². The number of nitro groups is 1. The quantitative estimate of drug-likeness (QED) is 0.629. The van der Waals surface area contributed by atoms with Crippen molar-refractivity contribution in [2.75, 3.05) is 29.0 Å². The highest BCUT2D eigenvalue weighted by Crippen LogP contribution is 2.34. The summed E-state index contributed by atoms with van der Waals surface area (Å²) in [6.45, 7) is 1.43. The molecule has 1 saturated heterocycles. The molecular weight excluding hydrogens is 344 g/mol. The smallest absolute Gasteiger partial charge is 0.353 e. The maximum absolute atomic E-state index is 11.5. The lowest BCUT2D eigenvalue weighted by atomic mass is 10.2. The van der Waals surface area contributed by atoms with Gasteiger partial charge in [0.15, 0.2) is 0 Å². The zero-order valence-corrected chi connectivity index (χ0v) is 14.4. The highest BCUT2D eigenvalue weighted by atomic mass is 35.5. The minimum absolute atomic E-state index is 0.149. The van der Waals surface area contributed by atoms with Crippen molar-refractivity contribution >= 4 is 40.6 Å². The van der Waals surface area contributed by atoms with Crippen LogP contribution in [0, 0.1) is 10.1 Å². The Balaban J connectivity index is 1.98. The monoisotopic (exact) mass is 362 g/mol. The SMILES string of the molecule is Nc1nc(Nc2cccc(Cl)c2)nc(N2CCCCCC2)c1[N+](=O)[O-]. The molecule has 0 saturated carbocycles. The van der Waals surface area contributed by atoms with Crippen LogP contribution in [0.3, 0.4) is 0 Å². The van der Waals surface area contributed by atoms with Gasteiger partial charge < -0.3 is 16.0 Å². The van der Waals surface area contributed by atoms with E-state index in [9.17, 15) is 10.1 Å². The second-order valence-electron chi connectivity index (χ2n) is 5.90. The second-order valence-corrected chi connectivity index (χ2v) is 6.33. The van der Waals surface area contributed by atoms with E-state index in [0.717, 1.165) is 25.7 Å². The van der Waals surface area contributed by atoms with E-state index in [1.807, 2.05) is 4.90 Å². The van der Waals surface area contributed by atoms with Crippen molar-refractivity contribution in [1.82, 2.24) is 9.97 Å². The van der Waals surface area contributed by atoms with Crippen LogP contribution in [-0.4, -0.2) is 28.0 Å². The minimum Gasteiger partial charge on any atom is -0.378 e. The van der Waals surface area contributed by atoms with Gasteiger partial charge in [0.05, 0.1) is 4.92 Å². The number of nitrogens with zero attached hydrogens (tertiary/aromatic N) is 4. The van der Waals surface area contributed by atoms with Gasteiger partial charge in [-0.2, -0.15) is 9.97 Å². The second kappa shape index (κ2) is 7.52.